The Bertz CT molecular complexity index is 388. The summed E-state index contributed by atoms with van der Waals surface area (Å²) in [5, 5.41) is 0.129. The van der Waals surface area contributed by atoms with Crippen molar-refractivity contribution < 1.29 is 19.2 Å². The Morgan fingerprint density at radius 1 is 1.53 bits per heavy atom. The summed E-state index contributed by atoms with van der Waals surface area (Å²) < 4.78 is 5.38. The number of hydrogen-bond donors (Lipinski definition) is 0. The van der Waals surface area contributed by atoms with E-state index in [0.29, 0.717) is 0 Å². The zero-order chi connectivity index (χ0) is 11.4. The predicted octanol–water partition coefficient (Wildman–Crippen LogP) is 1.12. The van der Waals surface area contributed by atoms with Gasteiger partial charge in [0.2, 0.25) is 0 Å². The lowest BCUT2D eigenvalue weighted by atomic mass is 10.4. The molecule has 0 atom stereocenters. The molecule has 0 fully saturated rings. The average molecular weight is 252 g/mol. The number of alkyl halides is 1. The molecule has 0 bridgehead atoms. The number of esters is 1. The van der Waals surface area contributed by atoms with Gasteiger partial charge in [-0.1, -0.05) is 11.6 Å². The van der Waals surface area contributed by atoms with Crippen LogP contribution in [-0.2, 0) is 9.53 Å². The van der Waals surface area contributed by atoms with Gasteiger partial charge in [-0.05, 0) is 6.07 Å². The first-order valence-electron chi connectivity index (χ1n) is 3.82. The van der Waals surface area contributed by atoms with Gasteiger partial charge < -0.3 is 9.57 Å². The highest BCUT2D eigenvalue weighted by molar-refractivity contribution is 6.33. The van der Waals surface area contributed by atoms with Crippen LogP contribution in [0.15, 0.2) is 12.3 Å². The van der Waals surface area contributed by atoms with Crippen LogP contribution in [0, 0.1) is 0 Å². The van der Waals surface area contributed by atoms with E-state index in [0.717, 1.165) is 4.73 Å². The van der Waals surface area contributed by atoms with Gasteiger partial charge in [-0.25, -0.2) is 9.59 Å². The van der Waals surface area contributed by atoms with Crippen molar-refractivity contribution in [3.63, 3.8) is 0 Å². The number of hydrogen-bond acceptors (Lipinski definition) is 4. The van der Waals surface area contributed by atoms with Gasteiger partial charge >= 0.3 is 11.9 Å². The summed E-state index contributed by atoms with van der Waals surface area (Å²) in [6, 6.07) is 1.40. The Hall–Kier alpha value is -1.20. The molecule has 0 aliphatic rings. The second-order valence-electron chi connectivity index (χ2n) is 2.43. The SMILES string of the molecule is COC(=O)c1c(Cl)ccn1OC(=O)CCl. The predicted molar refractivity (Wildman–Crippen MR) is 53.1 cm³/mol. The highest BCUT2D eigenvalue weighted by Gasteiger charge is 2.19. The minimum atomic E-state index is -0.702. The van der Waals surface area contributed by atoms with Crippen molar-refractivity contribution in [1.29, 1.82) is 0 Å². The third-order valence-corrected chi connectivity index (χ3v) is 2.01. The molecule has 0 N–H and O–H groups in total. The number of methoxy groups -OCH3 is 1. The molecule has 0 radical (unpaired) electrons. The van der Waals surface area contributed by atoms with Crippen molar-refractivity contribution in [1.82, 2.24) is 4.73 Å². The van der Waals surface area contributed by atoms with Crippen LogP contribution in [0.1, 0.15) is 10.5 Å². The first kappa shape index (κ1) is 11.9. The van der Waals surface area contributed by atoms with Gasteiger partial charge in [0, 0.05) is 6.20 Å². The number of rotatable bonds is 3. The molecule has 15 heavy (non-hydrogen) atoms. The molecule has 0 amide bonds. The molecule has 0 saturated carbocycles. The van der Waals surface area contributed by atoms with E-state index in [9.17, 15) is 9.59 Å². The Morgan fingerprint density at radius 3 is 2.73 bits per heavy atom. The summed E-state index contributed by atoms with van der Waals surface area (Å²) in [7, 11) is 1.19. The number of carbonyl (C=O) groups is 2. The second kappa shape index (κ2) is 5.04. The molecule has 0 saturated heterocycles. The highest BCUT2D eigenvalue weighted by Crippen LogP contribution is 2.17. The summed E-state index contributed by atoms with van der Waals surface area (Å²) in [6.07, 6.45) is 1.32. The van der Waals surface area contributed by atoms with Gasteiger partial charge in [-0.3, -0.25) is 0 Å². The minimum absolute atomic E-state index is 0.0577. The monoisotopic (exact) mass is 251 g/mol. The van der Waals surface area contributed by atoms with Crippen LogP contribution in [-0.4, -0.2) is 29.7 Å². The first-order chi connectivity index (χ1) is 7.10. The molecule has 1 aromatic rings. The van der Waals surface area contributed by atoms with E-state index < -0.39 is 11.9 Å². The van der Waals surface area contributed by atoms with Crippen LogP contribution in [0.3, 0.4) is 0 Å². The number of carbonyl (C=O) groups excluding carboxylic acids is 2. The van der Waals surface area contributed by atoms with Gasteiger partial charge in [-0.15, -0.1) is 11.6 Å². The molecule has 1 rings (SSSR count). The van der Waals surface area contributed by atoms with Gasteiger partial charge in [-0.2, -0.15) is 4.73 Å². The van der Waals surface area contributed by atoms with E-state index in [-0.39, 0.29) is 16.6 Å². The van der Waals surface area contributed by atoms with Crippen LogP contribution in [0.5, 0.6) is 0 Å². The molecule has 82 valence electrons. The molecular formula is C8H7Cl2NO4. The van der Waals surface area contributed by atoms with E-state index in [1.807, 2.05) is 0 Å². The summed E-state index contributed by atoms with van der Waals surface area (Å²) in [5.74, 6) is -1.72. The lowest BCUT2D eigenvalue weighted by Gasteiger charge is -2.06. The zero-order valence-corrected chi connectivity index (χ0v) is 9.21. The third kappa shape index (κ3) is 2.64. The van der Waals surface area contributed by atoms with Crippen LogP contribution < -0.4 is 4.84 Å². The topological polar surface area (TPSA) is 57.5 Å². The molecule has 0 unspecified atom stereocenters. The summed E-state index contributed by atoms with van der Waals surface area (Å²) in [4.78, 5) is 26.8. The van der Waals surface area contributed by atoms with Crippen molar-refractivity contribution in [2.24, 2.45) is 0 Å². The smallest absolute Gasteiger partial charge is 0.359 e. The Labute approximate surface area is 95.4 Å². The van der Waals surface area contributed by atoms with Crippen molar-refractivity contribution in [2.75, 3.05) is 13.0 Å². The largest absolute Gasteiger partial charge is 0.464 e. The Balaban J connectivity index is 2.98. The number of nitrogens with zero attached hydrogens (tertiary/aromatic N) is 1. The quantitative estimate of drug-likeness (QED) is 0.597. The van der Waals surface area contributed by atoms with Crippen LogP contribution in [0.4, 0.5) is 0 Å². The summed E-state index contributed by atoms with van der Waals surface area (Å²) >= 11 is 10.9. The van der Waals surface area contributed by atoms with Crippen molar-refractivity contribution >= 4 is 35.1 Å². The van der Waals surface area contributed by atoms with Gasteiger partial charge in [0.15, 0.2) is 5.69 Å². The fourth-order valence-corrected chi connectivity index (χ4v) is 1.15. The fourth-order valence-electron chi connectivity index (χ4n) is 0.886. The average Bonchev–Trinajstić information content (AvgIpc) is 2.58. The molecule has 1 heterocycles. The lowest BCUT2D eigenvalue weighted by Crippen LogP contribution is -2.24. The maximum absolute atomic E-state index is 11.2. The molecule has 7 heteroatoms. The van der Waals surface area contributed by atoms with E-state index in [2.05, 4.69) is 4.74 Å². The minimum Gasteiger partial charge on any atom is -0.464 e. The molecule has 5 nitrogen and oxygen atoms in total. The third-order valence-electron chi connectivity index (χ3n) is 1.49. The van der Waals surface area contributed by atoms with Gasteiger partial charge in [0.05, 0.1) is 12.1 Å². The van der Waals surface area contributed by atoms with Crippen LogP contribution >= 0.6 is 23.2 Å². The first-order valence-corrected chi connectivity index (χ1v) is 4.73. The summed E-state index contributed by atoms with van der Waals surface area (Å²) in [5.41, 5.74) is -0.0577. The van der Waals surface area contributed by atoms with Crippen molar-refractivity contribution in [3.8, 4) is 0 Å². The lowest BCUT2D eigenvalue weighted by molar-refractivity contribution is -0.141. The molecular weight excluding hydrogens is 245 g/mol. The van der Waals surface area contributed by atoms with E-state index in [1.54, 1.807) is 0 Å². The normalized spacial score (nSPS) is 9.80. The van der Waals surface area contributed by atoms with Gasteiger partial charge in [0.25, 0.3) is 0 Å². The fraction of sp³-hybridized carbons (Fsp3) is 0.250. The molecule has 0 aliphatic heterocycles. The van der Waals surface area contributed by atoms with Gasteiger partial charge in [0.1, 0.15) is 5.88 Å². The number of halogens is 2. The molecule has 1 aromatic heterocycles. The highest BCUT2D eigenvalue weighted by atomic mass is 35.5. The van der Waals surface area contributed by atoms with E-state index in [1.165, 1.54) is 19.4 Å². The molecule has 0 aromatic carbocycles. The zero-order valence-electron chi connectivity index (χ0n) is 7.70. The van der Waals surface area contributed by atoms with Crippen LogP contribution in [0.2, 0.25) is 5.02 Å². The van der Waals surface area contributed by atoms with Crippen molar-refractivity contribution in [3.05, 3.63) is 23.0 Å². The van der Waals surface area contributed by atoms with E-state index in [4.69, 9.17) is 28.0 Å². The second-order valence-corrected chi connectivity index (χ2v) is 3.10. The standard InChI is InChI=1S/C8H7Cl2NO4/c1-14-8(13)7-5(10)2-3-11(7)15-6(12)4-9/h2-3H,4H2,1H3. The Kier molecular flexibility index (Phi) is 3.99. The van der Waals surface area contributed by atoms with E-state index >= 15 is 0 Å². The Morgan fingerprint density at radius 2 is 2.20 bits per heavy atom. The summed E-state index contributed by atoms with van der Waals surface area (Å²) in [6.45, 7) is 0. The van der Waals surface area contributed by atoms with Crippen molar-refractivity contribution in [2.45, 2.75) is 0 Å². The maximum Gasteiger partial charge on any atom is 0.359 e. The van der Waals surface area contributed by atoms with Crippen LogP contribution in [0.25, 0.3) is 0 Å². The molecule has 0 spiro atoms. The number of aromatic nitrogens is 1. The maximum atomic E-state index is 11.2. The number of ether oxygens (including phenoxy) is 1. The molecule has 0 aliphatic carbocycles.